The van der Waals surface area contributed by atoms with E-state index < -0.39 is 23.7 Å². The molecule has 158 valence electrons. The fourth-order valence-corrected chi connectivity index (χ4v) is 3.05. The van der Waals surface area contributed by atoms with Crippen molar-refractivity contribution in [2.75, 3.05) is 7.11 Å². The van der Waals surface area contributed by atoms with Gasteiger partial charge >= 0.3 is 11.8 Å². The van der Waals surface area contributed by atoms with Gasteiger partial charge in [0, 0.05) is 12.0 Å². The van der Waals surface area contributed by atoms with E-state index in [0.29, 0.717) is 16.9 Å². The zero-order valence-corrected chi connectivity index (χ0v) is 16.4. The van der Waals surface area contributed by atoms with Gasteiger partial charge in [0.05, 0.1) is 13.7 Å². The van der Waals surface area contributed by atoms with Crippen LogP contribution in [0.3, 0.4) is 0 Å². The predicted octanol–water partition coefficient (Wildman–Crippen LogP) is 3.27. The molecule has 1 atom stereocenters. The number of nitrogens with one attached hydrogen (secondary N) is 1. The van der Waals surface area contributed by atoms with E-state index in [4.69, 9.17) is 4.74 Å². The molecule has 2 aromatic rings. The Morgan fingerprint density at radius 2 is 1.77 bits per heavy atom. The standard InChI is InChI=1S/C21H20F3N3O3/c1-3-17(28)25-20(21(22,23)24)19(29)27(13-14-9-11-16(30-2)12-10-14)18(26-20)15-7-5-4-6-8-15/h4-12H,3,13H2,1-2H3,(H,25,28). The largest absolute Gasteiger partial charge is 0.497 e. The van der Waals surface area contributed by atoms with E-state index in [2.05, 4.69) is 4.99 Å². The Morgan fingerprint density at radius 1 is 1.13 bits per heavy atom. The lowest BCUT2D eigenvalue weighted by molar-refractivity contribution is -0.200. The van der Waals surface area contributed by atoms with Crippen molar-refractivity contribution in [2.45, 2.75) is 31.7 Å². The lowest BCUT2D eigenvalue weighted by atomic mass is 10.1. The molecule has 1 unspecified atom stereocenters. The maximum atomic E-state index is 14.1. The Morgan fingerprint density at radius 3 is 2.30 bits per heavy atom. The highest BCUT2D eigenvalue weighted by atomic mass is 19.4. The lowest BCUT2D eigenvalue weighted by Gasteiger charge is -2.29. The number of hydrogen-bond acceptors (Lipinski definition) is 4. The van der Waals surface area contributed by atoms with Crippen molar-refractivity contribution < 1.29 is 27.5 Å². The molecule has 1 N–H and O–H groups in total. The van der Waals surface area contributed by atoms with Crippen LogP contribution in [0.15, 0.2) is 59.6 Å². The molecule has 30 heavy (non-hydrogen) atoms. The van der Waals surface area contributed by atoms with E-state index >= 15 is 0 Å². The summed E-state index contributed by atoms with van der Waals surface area (Å²) in [4.78, 5) is 29.7. The first-order chi connectivity index (χ1) is 14.2. The maximum Gasteiger partial charge on any atom is 0.442 e. The first-order valence-electron chi connectivity index (χ1n) is 9.19. The Balaban J connectivity index is 2.09. The third-order valence-corrected chi connectivity index (χ3v) is 4.67. The Labute approximate surface area is 171 Å². The summed E-state index contributed by atoms with van der Waals surface area (Å²) < 4.78 is 47.3. The average Bonchev–Trinajstić information content (AvgIpc) is 3.02. The highest BCUT2D eigenvalue weighted by molar-refractivity contribution is 6.16. The number of hydrogen-bond donors (Lipinski definition) is 1. The number of amides is 2. The molecule has 2 aromatic carbocycles. The summed E-state index contributed by atoms with van der Waals surface area (Å²) in [6.07, 6.45) is -5.34. The molecule has 0 saturated carbocycles. The zero-order chi connectivity index (χ0) is 21.9. The number of carbonyl (C=O) groups is 2. The van der Waals surface area contributed by atoms with Gasteiger partial charge in [-0.1, -0.05) is 49.4 Å². The predicted molar refractivity (Wildman–Crippen MR) is 104 cm³/mol. The number of amidine groups is 1. The molecule has 0 aliphatic carbocycles. The van der Waals surface area contributed by atoms with Crippen LogP contribution in [0.4, 0.5) is 13.2 Å². The monoisotopic (exact) mass is 419 g/mol. The molecule has 2 amide bonds. The number of nitrogens with zero attached hydrogens (tertiary/aromatic N) is 2. The van der Waals surface area contributed by atoms with Crippen LogP contribution in [0.1, 0.15) is 24.5 Å². The molecular formula is C21H20F3N3O3. The number of carbonyl (C=O) groups excluding carboxylic acids is 2. The van der Waals surface area contributed by atoms with Crippen LogP contribution in [0.25, 0.3) is 0 Å². The summed E-state index contributed by atoms with van der Waals surface area (Å²) in [5.41, 5.74) is -2.46. The quantitative estimate of drug-likeness (QED) is 0.781. The van der Waals surface area contributed by atoms with Crippen LogP contribution >= 0.6 is 0 Å². The van der Waals surface area contributed by atoms with E-state index in [0.717, 1.165) is 4.90 Å². The van der Waals surface area contributed by atoms with Gasteiger partial charge in [0.15, 0.2) is 0 Å². The Hall–Kier alpha value is -3.36. The number of alkyl halides is 3. The second-order valence-electron chi connectivity index (χ2n) is 6.65. The van der Waals surface area contributed by atoms with Gasteiger partial charge in [-0.3, -0.25) is 14.5 Å². The van der Waals surface area contributed by atoms with Crippen LogP contribution in [0.2, 0.25) is 0 Å². The van der Waals surface area contributed by atoms with Gasteiger partial charge in [0.1, 0.15) is 11.6 Å². The summed E-state index contributed by atoms with van der Waals surface area (Å²) in [7, 11) is 1.49. The minimum Gasteiger partial charge on any atom is -0.497 e. The highest BCUT2D eigenvalue weighted by Gasteiger charge is 2.67. The van der Waals surface area contributed by atoms with Gasteiger partial charge in [-0.05, 0) is 17.7 Å². The van der Waals surface area contributed by atoms with Crippen molar-refractivity contribution in [1.29, 1.82) is 0 Å². The van der Waals surface area contributed by atoms with Gasteiger partial charge in [0.25, 0.3) is 5.91 Å². The fraction of sp³-hybridized carbons (Fsp3) is 0.286. The molecule has 1 heterocycles. The topological polar surface area (TPSA) is 71.0 Å². The number of rotatable bonds is 6. The highest BCUT2D eigenvalue weighted by Crippen LogP contribution is 2.39. The summed E-state index contributed by atoms with van der Waals surface area (Å²) in [5, 5.41) is 1.80. The molecule has 0 fully saturated rings. The second kappa shape index (κ2) is 8.17. The molecular weight excluding hydrogens is 399 g/mol. The molecule has 0 saturated heterocycles. The molecule has 0 bridgehead atoms. The van der Waals surface area contributed by atoms with E-state index in [1.165, 1.54) is 14.0 Å². The summed E-state index contributed by atoms with van der Waals surface area (Å²) in [6.45, 7) is 1.24. The van der Waals surface area contributed by atoms with Crippen LogP contribution in [-0.2, 0) is 16.1 Å². The van der Waals surface area contributed by atoms with Crippen molar-refractivity contribution in [3.05, 3.63) is 65.7 Å². The normalized spacial score (nSPS) is 18.9. The molecule has 0 radical (unpaired) electrons. The lowest BCUT2D eigenvalue weighted by Crippen LogP contribution is -2.63. The van der Waals surface area contributed by atoms with Gasteiger partial charge in [0.2, 0.25) is 5.91 Å². The average molecular weight is 419 g/mol. The molecule has 0 aromatic heterocycles. The number of aliphatic imine (C=N–C) groups is 1. The fourth-order valence-electron chi connectivity index (χ4n) is 3.05. The third-order valence-electron chi connectivity index (χ3n) is 4.67. The summed E-state index contributed by atoms with van der Waals surface area (Å²) in [6, 6.07) is 14.7. The number of benzene rings is 2. The Bertz CT molecular complexity index is 959. The molecule has 3 rings (SSSR count). The van der Waals surface area contributed by atoms with Crippen molar-refractivity contribution in [3.8, 4) is 5.75 Å². The Kier molecular flexibility index (Phi) is 5.82. The zero-order valence-electron chi connectivity index (χ0n) is 16.4. The molecule has 1 aliphatic heterocycles. The first-order valence-corrected chi connectivity index (χ1v) is 9.19. The molecule has 9 heteroatoms. The van der Waals surface area contributed by atoms with Crippen molar-refractivity contribution >= 4 is 17.6 Å². The number of methoxy groups -OCH3 is 1. The summed E-state index contributed by atoms with van der Waals surface area (Å²) >= 11 is 0. The summed E-state index contributed by atoms with van der Waals surface area (Å²) in [5.74, 6) is -1.87. The van der Waals surface area contributed by atoms with Gasteiger partial charge < -0.3 is 10.1 Å². The smallest absolute Gasteiger partial charge is 0.442 e. The second-order valence-corrected chi connectivity index (χ2v) is 6.65. The minimum atomic E-state index is -5.12. The third kappa shape index (κ3) is 3.87. The van der Waals surface area contributed by atoms with Gasteiger partial charge in [-0.2, -0.15) is 13.2 Å². The number of halogens is 3. The van der Waals surface area contributed by atoms with Gasteiger partial charge in [-0.15, -0.1) is 0 Å². The van der Waals surface area contributed by atoms with E-state index in [-0.39, 0.29) is 18.8 Å². The molecule has 1 aliphatic rings. The van der Waals surface area contributed by atoms with Crippen molar-refractivity contribution in [3.63, 3.8) is 0 Å². The van der Waals surface area contributed by atoms with Crippen molar-refractivity contribution in [2.24, 2.45) is 4.99 Å². The van der Waals surface area contributed by atoms with E-state index in [9.17, 15) is 22.8 Å². The van der Waals surface area contributed by atoms with E-state index in [1.54, 1.807) is 59.9 Å². The maximum absolute atomic E-state index is 14.1. The van der Waals surface area contributed by atoms with Crippen LogP contribution in [0.5, 0.6) is 5.75 Å². The SMILES string of the molecule is CCC(=O)NC1(C(F)(F)F)N=C(c2ccccc2)N(Cc2ccc(OC)cc2)C1=O. The van der Waals surface area contributed by atoms with Crippen LogP contribution in [-0.4, -0.2) is 41.5 Å². The molecule has 6 nitrogen and oxygen atoms in total. The van der Waals surface area contributed by atoms with Crippen LogP contribution < -0.4 is 10.1 Å². The number of ether oxygens (including phenoxy) is 1. The minimum absolute atomic E-state index is 0.156. The van der Waals surface area contributed by atoms with Crippen molar-refractivity contribution in [1.82, 2.24) is 10.2 Å². The molecule has 0 spiro atoms. The first kappa shape index (κ1) is 21.4. The van der Waals surface area contributed by atoms with Gasteiger partial charge in [-0.25, -0.2) is 4.99 Å². The van der Waals surface area contributed by atoms with E-state index in [1.807, 2.05) is 0 Å². The van der Waals surface area contributed by atoms with Crippen LogP contribution in [0, 0.1) is 0 Å².